The molecule has 7 nitrogen and oxygen atoms in total. The quantitative estimate of drug-likeness (QED) is 0.320. The Labute approximate surface area is 202 Å². The molecule has 0 radical (unpaired) electrons. The summed E-state index contributed by atoms with van der Waals surface area (Å²) < 4.78 is 5.21. The highest BCUT2D eigenvalue weighted by Gasteiger charge is 2.68. The first kappa shape index (κ1) is 20.9. The second-order valence-corrected chi connectivity index (χ2v) is 9.40. The van der Waals surface area contributed by atoms with Gasteiger partial charge in [-0.3, -0.25) is 9.59 Å². The number of ketones is 2. The topological polar surface area (TPSA) is 113 Å². The van der Waals surface area contributed by atoms with Crippen LogP contribution in [0.5, 0.6) is 11.5 Å². The number of rotatable bonds is 4. The molecule has 4 aliphatic rings. The number of benzene rings is 2. The number of ether oxygens (including phenoxy) is 1. The minimum Gasteiger partial charge on any atom is -0.506 e. The van der Waals surface area contributed by atoms with Gasteiger partial charge in [0.25, 0.3) is 0 Å². The van der Waals surface area contributed by atoms with Gasteiger partial charge < -0.3 is 20.3 Å². The highest BCUT2D eigenvalue weighted by Crippen LogP contribution is 2.78. The number of allylic oxidation sites excluding steroid dienone is 6. The molecule has 2 unspecified atom stereocenters. The van der Waals surface area contributed by atoms with Crippen molar-refractivity contribution in [3.8, 4) is 11.5 Å². The maximum absolute atomic E-state index is 13.0. The SMILES string of the molecule is CCOC(=O)C(C)Nc1c(O)c2c(c(O)c1Br)C13C(=C4C(=O)C=CC(=O)C4=C21)c1ccccc13. The van der Waals surface area contributed by atoms with Crippen LogP contribution in [0.2, 0.25) is 0 Å². The predicted molar refractivity (Wildman–Crippen MR) is 127 cm³/mol. The Bertz CT molecular complexity index is 1500. The van der Waals surface area contributed by atoms with Gasteiger partial charge in [-0.05, 0) is 64.2 Å². The van der Waals surface area contributed by atoms with Crippen molar-refractivity contribution in [3.63, 3.8) is 0 Å². The van der Waals surface area contributed by atoms with Gasteiger partial charge in [0.1, 0.15) is 17.5 Å². The third-order valence-electron chi connectivity index (χ3n) is 6.99. The molecule has 0 aromatic heterocycles. The van der Waals surface area contributed by atoms with Crippen molar-refractivity contribution in [2.45, 2.75) is 25.3 Å². The fourth-order valence-corrected chi connectivity index (χ4v) is 6.24. The fraction of sp³-hybridized carbons (Fsp3) is 0.192. The van der Waals surface area contributed by atoms with E-state index in [1.165, 1.54) is 12.2 Å². The number of nitrogens with one attached hydrogen (secondary N) is 1. The van der Waals surface area contributed by atoms with Crippen LogP contribution >= 0.6 is 15.9 Å². The minimum absolute atomic E-state index is 0.104. The molecule has 1 spiro atoms. The molecule has 0 amide bonds. The lowest BCUT2D eigenvalue weighted by Gasteiger charge is -2.54. The smallest absolute Gasteiger partial charge is 0.328 e. The van der Waals surface area contributed by atoms with Crippen molar-refractivity contribution in [1.82, 2.24) is 0 Å². The van der Waals surface area contributed by atoms with Crippen LogP contribution in [0.1, 0.15) is 36.1 Å². The van der Waals surface area contributed by atoms with Crippen molar-refractivity contribution in [2.75, 3.05) is 11.9 Å². The zero-order valence-electron chi connectivity index (χ0n) is 18.2. The molecule has 0 heterocycles. The second-order valence-electron chi connectivity index (χ2n) is 8.61. The highest BCUT2D eigenvalue weighted by atomic mass is 79.9. The van der Waals surface area contributed by atoms with Gasteiger partial charge in [0.15, 0.2) is 11.6 Å². The molecule has 0 fully saturated rings. The monoisotopic (exact) mass is 519 g/mol. The van der Waals surface area contributed by atoms with Crippen LogP contribution < -0.4 is 5.32 Å². The largest absolute Gasteiger partial charge is 0.506 e. The third-order valence-corrected chi connectivity index (χ3v) is 7.77. The van der Waals surface area contributed by atoms with Crippen LogP contribution in [0.15, 0.2) is 52.0 Å². The van der Waals surface area contributed by atoms with Gasteiger partial charge in [-0.15, -0.1) is 0 Å². The summed E-state index contributed by atoms with van der Waals surface area (Å²) in [6.07, 6.45) is 2.51. The number of esters is 1. The predicted octanol–water partition coefficient (Wildman–Crippen LogP) is 3.77. The van der Waals surface area contributed by atoms with E-state index in [0.717, 1.165) is 11.1 Å². The van der Waals surface area contributed by atoms with Crippen LogP contribution in [-0.4, -0.2) is 40.4 Å². The summed E-state index contributed by atoms with van der Waals surface area (Å²) in [5, 5.41) is 25.5. The number of fused-ring (bicyclic) bond motifs is 5. The molecule has 2 atom stereocenters. The molecular formula is C26H18BrNO6. The maximum atomic E-state index is 13.0. The third kappa shape index (κ3) is 2.15. The summed E-state index contributed by atoms with van der Waals surface area (Å²) in [4.78, 5) is 38.1. The summed E-state index contributed by atoms with van der Waals surface area (Å²) in [6, 6.07) is 6.70. The van der Waals surface area contributed by atoms with Gasteiger partial charge in [-0.2, -0.15) is 0 Å². The van der Waals surface area contributed by atoms with Crippen molar-refractivity contribution in [1.29, 1.82) is 0 Å². The van der Waals surface area contributed by atoms with Crippen LogP contribution in [0.25, 0.3) is 11.1 Å². The summed E-state index contributed by atoms with van der Waals surface area (Å²) in [5.41, 5.74) is 3.37. The van der Waals surface area contributed by atoms with Crippen LogP contribution in [0.3, 0.4) is 0 Å². The fourth-order valence-electron chi connectivity index (χ4n) is 5.74. The first-order chi connectivity index (χ1) is 16.3. The van der Waals surface area contributed by atoms with Gasteiger partial charge >= 0.3 is 5.97 Å². The Morgan fingerprint density at radius 3 is 2.41 bits per heavy atom. The number of phenolic OH excluding ortho intramolecular Hbond substituents is 2. The summed E-state index contributed by atoms with van der Waals surface area (Å²) in [5.74, 6) is -1.47. The number of hydrogen-bond acceptors (Lipinski definition) is 7. The standard InChI is InChI=1S/C26H18BrNO6/c1-3-34-25(33)10(2)28-22-21(27)24(32)20-17(23(22)31)19-16-14(30)9-8-13(29)15(16)18-11-6-4-5-7-12(11)26(18,19)20/h4-10,28,31-32H,3H2,1-2H3. The molecule has 0 saturated heterocycles. The van der Waals surface area contributed by atoms with Crippen LogP contribution in [-0.2, 0) is 24.5 Å². The first-order valence-corrected chi connectivity index (χ1v) is 11.6. The van der Waals surface area contributed by atoms with Gasteiger partial charge in [-0.25, -0.2) is 4.79 Å². The van der Waals surface area contributed by atoms with Gasteiger partial charge in [-0.1, -0.05) is 24.3 Å². The number of anilines is 1. The lowest BCUT2D eigenvalue weighted by Crippen LogP contribution is -2.46. The van der Waals surface area contributed by atoms with E-state index in [9.17, 15) is 24.6 Å². The van der Waals surface area contributed by atoms with E-state index in [0.29, 0.717) is 27.8 Å². The van der Waals surface area contributed by atoms with Crippen molar-refractivity contribution >= 4 is 50.3 Å². The number of halogens is 1. The average molecular weight is 520 g/mol. The van der Waals surface area contributed by atoms with Crippen LogP contribution in [0.4, 0.5) is 5.69 Å². The summed E-state index contributed by atoms with van der Waals surface area (Å²) >= 11 is 3.37. The van der Waals surface area contributed by atoms with Gasteiger partial charge in [0.05, 0.1) is 22.2 Å². The average Bonchev–Trinajstić information content (AvgIpc) is 3.01. The Hall–Kier alpha value is -3.65. The Balaban J connectivity index is 1.63. The molecule has 2 aromatic carbocycles. The number of phenols is 2. The first-order valence-electron chi connectivity index (χ1n) is 10.8. The zero-order valence-corrected chi connectivity index (χ0v) is 19.7. The molecular weight excluding hydrogens is 502 g/mol. The molecule has 34 heavy (non-hydrogen) atoms. The van der Waals surface area contributed by atoms with E-state index in [-0.39, 0.29) is 45.4 Å². The van der Waals surface area contributed by atoms with E-state index < -0.39 is 17.4 Å². The van der Waals surface area contributed by atoms with E-state index in [4.69, 9.17) is 4.74 Å². The molecule has 170 valence electrons. The molecule has 0 bridgehead atoms. The highest BCUT2D eigenvalue weighted by molar-refractivity contribution is 9.10. The Kier molecular flexibility index (Phi) is 4.12. The molecule has 3 N–H and O–H groups in total. The summed E-state index contributed by atoms with van der Waals surface area (Å²) in [6.45, 7) is 3.47. The molecule has 6 rings (SSSR count). The minimum atomic E-state index is -0.955. The molecule has 4 aliphatic carbocycles. The second kappa shape index (κ2) is 6.70. The molecule has 0 saturated carbocycles. The zero-order chi connectivity index (χ0) is 24.1. The van der Waals surface area contributed by atoms with Gasteiger partial charge in [0.2, 0.25) is 0 Å². The lowest BCUT2D eigenvalue weighted by atomic mass is 9.46. The van der Waals surface area contributed by atoms with E-state index in [2.05, 4.69) is 21.2 Å². The Morgan fingerprint density at radius 1 is 1.09 bits per heavy atom. The number of aromatic hydroxyl groups is 2. The van der Waals surface area contributed by atoms with Crippen molar-refractivity contribution in [2.24, 2.45) is 0 Å². The van der Waals surface area contributed by atoms with Crippen molar-refractivity contribution < 1.29 is 29.3 Å². The normalized spacial score (nSPS) is 21.6. The number of carbonyl (C=O) groups excluding carboxylic acids is 3. The molecule has 8 heteroatoms. The summed E-state index contributed by atoms with van der Waals surface area (Å²) in [7, 11) is 0. The maximum Gasteiger partial charge on any atom is 0.328 e. The van der Waals surface area contributed by atoms with Crippen molar-refractivity contribution in [3.05, 3.63) is 74.3 Å². The molecule has 2 aromatic rings. The lowest BCUT2D eigenvalue weighted by molar-refractivity contribution is -0.143. The molecule has 0 aliphatic heterocycles. The van der Waals surface area contributed by atoms with E-state index in [1.54, 1.807) is 13.8 Å². The van der Waals surface area contributed by atoms with E-state index in [1.807, 2.05) is 24.3 Å². The number of hydrogen-bond donors (Lipinski definition) is 3. The van der Waals surface area contributed by atoms with Gasteiger partial charge in [0, 0.05) is 22.3 Å². The van der Waals surface area contributed by atoms with E-state index >= 15 is 0 Å². The number of carbonyl (C=O) groups is 3. The van der Waals surface area contributed by atoms with Crippen LogP contribution in [0, 0.1) is 0 Å². The Morgan fingerprint density at radius 2 is 1.74 bits per heavy atom.